The van der Waals surface area contributed by atoms with E-state index in [1.54, 1.807) is 11.3 Å². The summed E-state index contributed by atoms with van der Waals surface area (Å²) in [6, 6.07) is 3.65. The van der Waals surface area contributed by atoms with Crippen LogP contribution >= 0.6 is 22.7 Å². The molecule has 0 fully saturated rings. The Morgan fingerprint density at radius 3 is 1.88 bits per heavy atom. The fraction of sp³-hybridized carbons (Fsp3) is 0.529. The van der Waals surface area contributed by atoms with Gasteiger partial charge in [0.15, 0.2) is 11.4 Å². The summed E-state index contributed by atoms with van der Waals surface area (Å²) in [6.45, 7) is 6.86. The molecule has 4 aromatic heterocycles. The van der Waals surface area contributed by atoms with Crippen LogP contribution in [0.15, 0.2) is 21.7 Å². The minimum Gasteiger partial charge on any atom is -0.351 e. The molecule has 6 rings (SSSR count). The smallest absolute Gasteiger partial charge is 0.304 e. The molecule has 0 radical (unpaired) electrons. The average Bonchev–Trinajstić information content (AvgIpc) is 3.87. The second-order valence-corrected chi connectivity index (χ2v) is 16.3. The van der Waals surface area contributed by atoms with Gasteiger partial charge < -0.3 is 10.6 Å². The lowest BCUT2D eigenvalue weighted by atomic mass is 10.1. The monoisotopic (exact) mass is 712 g/mol. The van der Waals surface area contributed by atoms with Crippen molar-refractivity contribution in [1.29, 1.82) is 0 Å². The zero-order valence-corrected chi connectivity index (χ0v) is 30.1. The van der Waals surface area contributed by atoms with E-state index in [0.717, 1.165) is 121 Å². The highest BCUT2D eigenvalue weighted by atomic mass is 32.3. The first-order valence-corrected chi connectivity index (χ1v) is 20.3. The van der Waals surface area contributed by atoms with Gasteiger partial charge in [0.05, 0.1) is 21.1 Å². The largest absolute Gasteiger partial charge is 0.351 e. The number of hydrogen-bond acceptors (Lipinski definition) is 8. The third-order valence-corrected chi connectivity index (χ3v) is 12.6. The predicted octanol–water partition coefficient (Wildman–Crippen LogP) is 6.69. The van der Waals surface area contributed by atoms with E-state index in [2.05, 4.69) is 41.0 Å². The standard InChI is InChI=1S/C34H44N6O5S3/c1-3-5-11-16-39-29-24(19-22-13-18-46-31(22)29)27(37-39)33(41)35-14-9-7-8-10-15-36-34(42)28-25-20-23-21-26(48(43,44)45)47-32(23)30(25)40(38-28)17-12-6-4-2/h13,18,21H,3-12,14-17,19-20H2,1-2H3,(H,35,41)(H,36,42)(H,43,44,45). The summed E-state index contributed by atoms with van der Waals surface area (Å²) >= 11 is 2.75. The Morgan fingerprint density at radius 2 is 1.33 bits per heavy atom. The van der Waals surface area contributed by atoms with E-state index >= 15 is 0 Å². The molecule has 2 amide bonds. The highest BCUT2D eigenvalue weighted by molar-refractivity contribution is 7.88. The summed E-state index contributed by atoms with van der Waals surface area (Å²) in [6.07, 6.45) is 11.0. The number of unbranched alkanes of at least 4 members (excludes halogenated alkanes) is 7. The molecule has 0 bridgehead atoms. The summed E-state index contributed by atoms with van der Waals surface area (Å²) in [4.78, 5) is 28.4. The van der Waals surface area contributed by atoms with Gasteiger partial charge in [-0.3, -0.25) is 23.5 Å². The van der Waals surface area contributed by atoms with Gasteiger partial charge in [-0.1, -0.05) is 52.4 Å². The molecule has 0 aliphatic heterocycles. The number of hydrogen-bond donors (Lipinski definition) is 3. The van der Waals surface area contributed by atoms with E-state index in [0.29, 0.717) is 37.4 Å². The third-order valence-electron chi connectivity index (χ3n) is 9.10. The second-order valence-electron chi connectivity index (χ2n) is 12.7. The Balaban J connectivity index is 0.968. The van der Waals surface area contributed by atoms with E-state index in [1.165, 1.54) is 16.5 Å². The van der Waals surface area contributed by atoms with Crippen molar-refractivity contribution in [2.24, 2.45) is 0 Å². The molecule has 3 N–H and O–H groups in total. The molecule has 258 valence electrons. The van der Waals surface area contributed by atoms with Crippen LogP contribution in [0.3, 0.4) is 0 Å². The number of nitrogens with one attached hydrogen (secondary N) is 2. The van der Waals surface area contributed by atoms with Crippen LogP contribution in [0, 0.1) is 0 Å². The van der Waals surface area contributed by atoms with Gasteiger partial charge in [-0.05, 0) is 54.3 Å². The molecule has 0 spiro atoms. The number of amides is 2. The van der Waals surface area contributed by atoms with Crippen LogP contribution in [0.5, 0.6) is 0 Å². The lowest BCUT2D eigenvalue weighted by Gasteiger charge is -2.07. The molecule has 11 nitrogen and oxygen atoms in total. The third kappa shape index (κ3) is 7.17. The summed E-state index contributed by atoms with van der Waals surface area (Å²) in [7, 11) is -4.29. The van der Waals surface area contributed by atoms with Gasteiger partial charge in [-0.25, -0.2) is 0 Å². The second kappa shape index (κ2) is 15.1. The molecule has 14 heteroatoms. The molecule has 2 aliphatic carbocycles. The van der Waals surface area contributed by atoms with Crippen molar-refractivity contribution in [3.05, 3.63) is 51.2 Å². The lowest BCUT2D eigenvalue weighted by molar-refractivity contribution is 0.0936. The fourth-order valence-corrected chi connectivity index (χ4v) is 9.61. The van der Waals surface area contributed by atoms with Gasteiger partial charge in [0.25, 0.3) is 11.8 Å². The van der Waals surface area contributed by atoms with E-state index in [-0.39, 0.29) is 16.0 Å². The van der Waals surface area contributed by atoms with Crippen LogP contribution in [0.1, 0.15) is 121 Å². The maximum Gasteiger partial charge on any atom is 0.304 e. The van der Waals surface area contributed by atoms with Crippen molar-refractivity contribution >= 4 is 44.6 Å². The minimum atomic E-state index is -4.29. The Labute approximate surface area is 289 Å². The first kappa shape index (κ1) is 34.5. The summed E-state index contributed by atoms with van der Waals surface area (Å²) < 4.78 is 36.8. The molecule has 2 aliphatic rings. The molecule has 0 unspecified atom stereocenters. The average molecular weight is 713 g/mol. The quantitative estimate of drug-likeness (QED) is 0.0664. The molecular formula is C34H44N6O5S3. The van der Waals surface area contributed by atoms with Crippen LogP contribution < -0.4 is 10.6 Å². The Kier molecular flexibility index (Phi) is 10.8. The number of rotatable bonds is 18. The molecule has 0 atom stereocenters. The SMILES string of the molecule is CCCCCn1nc(C(=O)NCCCCCCNC(=O)c2nn(CCCCC)c3c2Cc2cc(S(=O)(=O)O)sc2-3)c2c1-c1sccc1C2. The zero-order chi connectivity index (χ0) is 33.8. The van der Waals surface area contributed by atoms with Gasteiger partial charge in [-0.2, -0.15) is 18.6 Å². The lowest BCUT2D eigenvalue weighted by Crippen LogP contribution is -2.26. The number of carbonyl (C=O) groups excluding carboxylic acids is 2. The van der Waals surface area contributed by atoms with Gasteiger partial charge in [0.1, 0.15) is 4.21 Å². The summed E-state index contributed by atoms with van der Waals surface area (Å²) in [5.41, 5.74) is 6.80. The van der Waals surface area contributed by atoms with Crippen LogP contribution in [0.25, 0.3) is 21.1 Å². The highest BCUT2D eigenvalue weighted by Gasteiger charge is 2.34. The van der Waals surface area contributed by atoms with E-state index in [9.17, 15) is 22.6 Å². The van der Waals surface area contributed by atoms with Crippen LogP contribution in [-0.4, -0.2) is 57.4 Å². The number of fused-ring (bicyclic) bond motifs is 6. The number of aryl methyl sites for hydroxylation is 2. The van der Waals surface area contributed by atoms with Crippen molar-refractivity contribution in [3.63, 3.8) is 0 Å². The van der Waals surface area contributed by atoms with Crippen LogP contribution in [-0.2, 0) is 36.0 Å². The van der Waals surface area contributed by atoms with Crippen molar-refractivity contribution in [3.8, 4) is 21.1 Å². The molecule has 4 heterocycles. The predicted molar refractivity (Wildman–Crippen MR) is 189 cm³/mol. The van der Waals surface area contributed by atoms with Crippen molar-refractivity contribution in [2.45, 2.75) is 108 Å². The van der Waals surface area contributed by atoms with Gasteiger partial charge in [0.2, 0.25) is 0 Å². The molecular weight excluding hydrogens is 669 g/mol. The van der Waals surface area contributed by atoms with Gasteiger partial charge in [0, 0.05) is 50.1 Å². The number of aromatic nitrogens is 4. The Bertz CT molecular complexity index is 1900. The minimum absolute atomic E-state index is 0.0840. The van der Waals surface area contributed by atoms with E-state index < -0.39 is 10.1 Å². The fourth-order valence-electron chi connectivity index (χ4n) is 6.65. The molecule has 0 saturated heterocycles. The molecule has 48 heavy (non-hydrogen) atoms. The van der Waals surface area contributed by atoms with Crippen LogP contribution in [0.4, 0.5) is 0 Å². The maximum atomic E-state index is 13.2. The molecule has 4 aromatic rings. The summed E-state index contributed by atoms with van der Waals surface area (Å²) in [5, 5.41) is 17.6. The van der Waals surface area contributed by atoms with Crippen LogP contribution in [0.2, 0.25) is 0 Å². The highest BCUT2D eigenvalue weighted by Crippen LogP contribution is 2.45. The molecule has 0 saturated carbocycles. The Hall–Kier alpha value is -3.33. The Morgan fingerprint density at radius 1 is 0.792 bits per heavy atom. The summed E-state index contributed by atoms with van der Waals surface area (Å²) in [5.74, 6) is -0.331. The number of nitrogens with zero attached hydrogens (tertiary/aromatic N) is 4. The maximum absolute atomic E-state index is 13.2. The molecule has 0 aromatic carbocycles. The first-order valence-electron chi connectivity index (χ1n) is 17.1. The van der Waals surface area contributed by atoms with E-state index in [4.69, 9.17) is 5.10 Å². The van der Waals surface area contributed by atoms with E-state index in [1.807, 2.05) is 9.36 Å². The van der Waals surface area contributed by atoms with Crippen molar-refractivity contribution in [2.75, 3.05) is 13.1 Å². The van der Waals surface area contributed by atoms with Gasteiger partial charge >= 0.3 is 10.1 Å². The number of thiophene rings is 2. The first-order chi connectivity index (χ1) is 23.2. The number of carbonyl (C=O) groups is 2. The topological polar surface area (TPSA) is 148 Å². The zero-order valence-electron chi connectivity index (χ0n) is 27.6. The van der Waals surface area contributed by atoms with Gasteiger partial charge in [-0.15, -0.1) is 22.7 Å². The van der Waals surface area contributed by atoms with Crippen molar-refractivity contribution < 1.29 is 22.6 Å². The normalized spacial score (nSPS) is 13.0. The van der Waals surface area contributed by atoms with Crippen molar-refractivity contribution in [1.82, 2.24) is 30.2 Å².